The maximum Gasteiger partial charge on any atom is 0.254 e. The quantitative estimate of drug-likeness (QED) is 0.759. The molecule has 0 aliphatic carbocycles. The number of carbonyl (C=O) groups is 2. The van der Waals surface area contributed by atoms with Crippen LogP contribution in [0.15, 0.2) is 54.6 Å². The molecule has 0 saturated carbocycles. The van der Waals surface area contributed by atoms with E-state index in [1.165, 1.54) is 0 Å². The molecule has 6 heteroatoms. The van der Waals surface area contributed by atoms with Gasteiger partial charge < -0.3 is 15.4 Å². The van der Waals surface area contributed by atoms with E-state index in [0.717, 1.165) is 44.0 Å². The fraction of sp³-hybridized carbons (Fsp3) is 0.364. The minimum atomic E-state index is -0.410. The molecule has 0 aromatic heterocycles. The van der Waals surface area contributed by atoms with Crippen LogP contribution in [0.1, 0.15) is 27.9 Å². The zero-order valence-electron chi connectivity index (χ0n) is 16.0. The maximum absolute atomic E-state index is 13.1. The monoisotopic (exact) mass is 381 g/mol. The number of amides is 2. The van der Waals surface area contributed by atoms with Crippen LogP contribution in [0.5, 0.6) is 0 Å². The summed E-state index contributed by atoms with van der Waals surface area (Å²) in [6.45, 7) is 4.84. The van der Waals surface area contributed by atoms with Crippen LogP contribution >= 0.6 is 0 Å². The molecule has 2 N–H and O–H groups in total. The molecule has 1 heterocycles. The third kappa shape index (κ3) is 5.90. The van der Waals surface area contributed by atoms with Crippen molar-refractivity contribution in [2.75, 3.05) is 32.8 Å². The van der Waals surface area contributed by atoms with E-state index in [9.17, 15) is 9.59 Å². The number of nitrogens with zero attached hydrogens (tertiary/aromatic N) is 2. The van der Waals surface area contributed by atoms with E-state index in [1.54, 1.807) is 4.90 Å². The van der Waals surface area contributed by atoms with Crippen molar-refractivity contribution in [3.63, 3.8) is 0 Å². The van der Waals surface area contributed by atoms with Crippen molar-refractivity contribution in [3.8, 4) is 0 Å². The van der Waals surface area contributed by atoms with Crippen molar-refractivity contribution in [2.45, 2.75) is 19.5 Å². The van der Waals surface area contributed by atoms with Crippen molar-refractivity contribution in [1.29, 1.82) is 0 Å². The molecule has 0 atom stereocenters. The normalized spacial score (nSPS) is 14.6. The molecule has 1 fully saturated rings. The molecule has 28 heavy (non-hydrogen) atoms. The largest absolute Gasteiger partial charge is 0.379 e. The van der Waals surface area contributed by atoms with Gasteiger partial charge in [-0.05, 0) is 23.3 Å². The highest BCUT2D eigenvalue weighted by molar-refractivity contribution is 5.94. The van der Waals surface area contributed by atoms with Crippen LogP contribution in [0, 0.1) is 0 Å². The van der Waals surface area contributed by atoms with Gasteiger partial charge in [-0.2, -0.15) is 0 Å². The molecule has 2 aromatic carbocycles. The third-order valence-corrected chi connectivity index (χ3v) is 4.82. The smallest absolute Gasteiger partial charge is 0.254 e. The molecule has 6 nitrogen and oxygen atoms in total. The first-order valence-corrected chi connectivity index (χ1v) is 9.62. The van der Waals surface area contributed by atoms with Crippen molar-refractivity contribution in [2.24, 2.45) is 5.73 Å². The van der Waals surface area contributed by atoms with Crippen LogP contribution < -0.4 is 5.73 Å². The van der Waals surface area contributed by atoms with Gasteiger partial charge >= 0.3 is 0 Å². The number of carbonyl (C=O) groups excluding carboxylic acids is 2. The van der Waals surface area contributed by atoms with Gasteiger partial charge in [-0.15, -0.1) is 0 Å². The second-order valence-corrected chi connectivity index (χ2v) is 7.02. The van der Waals surface area contributed by atoms with Gasteiger partial charge in [0, 0.05) is 44.7 Å². The molecule has 1 aliphatic rings. The Hall–Kier alpha value is -2.70. The Labute approximate surface area is 165 Å². The van der Waals surface area contributed by atoms with Crippen molar-refractivity contribution in [1.82, 2.24) is 9.80 Å². The van der Waals surface area contributed by atoms with Gasteiger partial charge in [-0.25, -0.2) is 0 Å². The molecule has 0 bridgehead atoms. The lowest BCUT2D eigenvalue weighted by Crippen LogP contribution is -2.36. The van der Waals surface area contributed by atoms with E-state index in [-0.39, 0.29) is 12.3 Å². The van der Waals surface area contributed by atoms with Crippen LogP contribution in [0.25, 0.3) is 0 Å². The van der Waals surface area contributed by atoms with Gasteiger partial charge in [0.15, 0.2) is 0 Å². The summed E-state index contributed by atoms with van der Waals surface area (Å²) in [7, 11) is 0. The van der Waals surface area contributed by atoms with Gasteiger partial charge in [-0.1, -0.05) is 42.5 Å². The molecule has 1 saturated heterocycles. The predicted octanol–water partition coefficient (Wildman–Crippen LogP) is 2.04. The first kappa shape index (κ1) is 20.0. The first-order valence-electron chi connectivity index (χ1n) is 9.62. The lowest BCUT2D eigenvalue weighted by atomic mass is 10.1. The average molecular weight is 381 g/mol. The minimum absolute atomic E-state index is 0.0890. The summed E-state index contributed by atoms with van der Waals surface area (Å²) in [4.78, 5) is 28.4. The molecule has 0 unspecified atom stereocenters. The molecule has 2 amide bonds. The number of ether oxygens (including phenoxy) is 1. The standard InChI is InChI=1S/C22H27N3O3/c23-21(26)9-10-25(17-18-5-2-1-3-6-18)22(27)20-8-4-7-19(15-20)16-24-11-13-28-14-12-24/h1-8,15H,9-14,16-17H2,(H2,23,26). The molecule has 1 aliphatic heterocycles. The summed E-state index contributed by atoms with van der Waals surface area (Å²) in [5.41, 5.74) is 8.06. The number of hydrogen-bond acceptors (Lipinski definition) is 4. The Kier molecular flexibility index (Phi) is 7.17. The van der Waals surface area contributed by atoms with Crippen molar-refractivity contribution >= 4 is 11.8 Å². The molecule has 0 radical (unpaired) electrons. The second kappa shape index (κ2) is 10.0. The second-order valence-electron chi connectivity index (χ2n) is 7.02. The Morgan fingerprint density at radius 3 is 2.43 bits per heavy atom. The summed E-state index contributed by atoms with van der Waals surface area (Å²) >= 11 is 0. The number of rotatable bonds is 8. The van der Waals surface area contributed by atoms with Crippen LogP contribution in [0.4, 0.5) is 0 Å². The number of hydrogen-bond donors (Lipinski definition) is 1. The van der Waals surface area contributed by atoms with Crippen molar-refractivity contribution < 1.29 is 14.3 Å². The summed E-state index contributed by atoms with van der Waals surface area (Å²) in [5, 5.41) is 0. The molecule has 148 valence electrons. The van der Waals surface area contributed by atoms with Gasteiger partial charge in [0.05, 0.1) is 13.2 Å². The summed E-state index contributed by atoms with van der Waals surface area (Å²) in [6.07, 6.45) is 0.145. The zero-order chi connectivity index (χ0) is 19.8. The van der Waals surface area contributed by atoms with Gasteiger partial charge in [0.2, 0.25) is 5.91 Å². The van der Waals surface area contributed by atoms with E-state index >= 15 is 0 Å². The summed E-state index contributed by atoms with van der Waals surface area (Å²) < 4.78 is 5.39. The Morgan fingerprint density at radius 2 is 1.71 bits per heavy atom. The van der Waals surface area contributed by atoms with Crippen LogP contribution in [-0.2, 0) is 22.6 Å². The number of primary amides is 1. The van der Waals surface area contributed by atoms with Crippen LogP contribution in [0.2, 0.25) is 0 Å². The number of nitrogens with two attached hydrogens (primary N) is 1. The van der Waals surface area contributed by atoms with E-state index in [4.69, 9.17) is 10.5 Å². The SMILES string of the molecule is NC(=O)CCN(Cc1ccccc1)C(=O)c1cccc(CN2CCOCC2)c1. The maximum atomic E-state index is 13.1. The third-order valence-electron chi connectivity index (χ3n) is 4.82. The molecular weight excluding hydrogens is 354 g/mol. The highest BCUT2D eigenvalue weighted by Gasteiger charge is 2.18. The first-order chi connectivity index (χ1) is 13.6. The Balaban J connectivity index is 1.73. The molecular formula is C22H27N3O3. The average Bonchev–Trinajstić information content (AvgIpc) is 2.72. The number of benzene rings is 2. The minimum Gasteiger partial charge on any atom is -0.379 e. The van der Waals surface area contributed by atoms with Gasteiger partial charge in [0.25, 0.3) is 5.91 Å². The highest BCUT2D eigenvalue weighted by Crippen LogP contribution is 2.14. The zero-order valence-corrected chi connectivity index (χ0v) is 16.0. The highest BCUT2D eigenvalue weighted by atomic mass is 16.5. The summed E-state index contributed by atoms with van der Waals surface area (Å²) in [5.74, 6) is -0.499. The molecule has 0 spiro atoms. The van der Waals surface area contributed by atoms with Crippen molar-refractivity contribution in [3.05, 3.63) is 71.3 Å². The lowest BCUT2D eigenvalue weighted by Gasteiger charge is -2.27. The Morgan fingerprint density at radius 1 is 1.00 bits per heavy atom. The van der Waals surface area contributed by atoms with E-state index in [2.05, 4.69) is 4.90 Å². The fourth-order valence-corrected chi connectivity index (χ4v) is 3.30. The number of morpholine rings is 1. The lowest BCUT2D eigenvalue weighted by molar-refractivity contribution is -0.118. The topological polar surface area (TPSA) is 75.9 Å². The van der Waals surface area contributed by atoms with E-state index in [1.807, 2.05) is 54.6 Å². The predicted molar refractivity (Wildman–Crippen MR) is 108 cm³/mol. The van der Waals surface area contributed by atoms with Gasteiger partial charge in [-0.3, -0.25) is 14.5 Å². The molecule has 3 rings (SSSR count). The molecule has 2 aromatic rings. The summed E-state index contributed by atoms with van der Waals surface area (Å²) in [6, 6.07) is 17.5. The van der Waals surface area contributed by atoms with Crippen LogP contribution in [-0.4, -0.2) is 54.5 Å². The van der Waals surface area contributed by atoms with Gasteiger partial charge in [0.1, 0.15) is 0 Å². The van der Waals surface area contributed by atoms with E-state index < -0.39 is 5.91 Å². The Bertz CT molecular complexity index is 789. The fourth-order valence-electron chi connectivity index (χ4n) is 3.30. The van der Waals surface area contributed by atoms with E-state index in [0.29, 0.717) is 18.7 Å². The van der Waals surface area contributed by atoms with Crippen LogP contribution in [0.3, 0.4) is 0 Å².